The zero-order valence-corrected chi connectivity index (χ0v) is 8.72. The molecule has 0 heterocycles. The first-order valence-corrected chi connectivity index (χ1v) is 4.81. The predicted molar refractivity (Wildman–Crippen MR) is 53.0 cm³/mol. The molecule has 0 bridgehead atoms. The summed E-state index contributed by atoms with van der Waals surface area (Å²) in [6.07, 6.45) is 2.32. The first-order valence-electron chi connectivity index (χ1n) is 4.81. The Morgan fingerprint density at radius 3 is 2.31 bits per heavy atom. The number of nitrogens with two attached hydrogens (primary N) is 1. The van der Waals surface area contributed by atoms with Gasteiger partial charge in [-0.15, -0.1) is 0 Å². The van der Waals surface area contributed by atoms with Crippen molar-refractivity contribution >= 4 is 5.97 Å². The van der Waals surface area contributed by atoms with Gasteiger partial charge >= 0.3 is 5.97 Å². The van der Waals surface area contributed by atoms with E-state index in [0.29, 0.717) is 30.7 Å². The molecule has 0 saturated heterocycles. The molecule has 0 spiro atoms. The molecule has 3 nitrogen and oxygen atoms in total. The second-order valence-corrected chi connectivity index (χ2v) is 2.83. The Labute approximate surface area is 79.9 Å². The Hall–Kier alpha value is -0.990. The van der Waals surface area contributed by atoms with Crippen LogP contribution in [0.3, 0.4) is 0 Å². The van der Waals surface area contributed by atoms with Gasteiger partial charge in [0.15, 0.2) is 0 Å². The molecule has 76 valence electrons. The van der Waals surface area contributed by atoms with E-state index >= 15 is 0 Å². The zero-order chi connectivity index (χ0) is 10.3. The van der Waals surface area contributed by atoms with Crippen molar-refractivity contribution in [3.8, 4) is 0 Å². The molecule has 0 rings (SSSR count). The van der Waals surface area contributed by atoms with Crippen LogP contribution in [0.25, 0.3) is 0 Å². The molecule has 13 heavy (non-hydrogen) atoms. The highest BCUT2D eigenvalue weighted by Gasteiger charge is 2.12. The van der Waals surface area contributed by atoms with Crippen LogP contribution in [0.1, 0.15) is 40.0 Å². The summed E-state index contributed by atoms with van der Waals surface area (Å²) in [6, 6.07) is 0. The standard InChI is InChI=1S/C10H19NO2/c1-4-7-8(9(11)5-2)10(12)13-6-3/h4-7,11H2,1-3H3. The smallest absolute Gasteiger partial charge is 0.335 e. The molecular formula is C10H19NO2. The van der Waals surface area contributed by atoms with Gasteiger partial charge in [-0.1, -0.05) is 20.3 Å². The van der Waals surface area contributed by atoms with E-state index in [-0.39, 0.29) is 5.97 Å². The van der Waals surface area contributed by atoms with Gasteiger partial charge < -0.3 is 10.5 Å². The molecular weight excluding hydrogens is 166 g/mol. The van der Waals surface area contributed by atoms with Crippen molar-refractivity contribution in [2.24, 2.45) is 5.73 Å². The molecule has 0 saturated carbocycles. The second kappa shape index (κ2) is 6.52. The summed E-state index contributed by atoms with van der Waals surface area (Å²) in [4.78, 5) is 11.4. The highest BCUT2D eigenvalue weighted by atomic mass is 16.5. The Bertz CT molecular complexity index is 197. The van der Waals surface area contributed by atoms with Crippen LogP contribution < -0.4 is 5.73 Å². The van der Waals surface area contributed by atoms with Gasteiger partial charge in [0.2, 0.25) is 0 Å². The third-order valence-corrected chi connectivity index (χ3v) is 1.79. The van der Waals surface area contributed by atoms with Crippen LogP contribution in [0.5, 0.6) is 0 Å². The number of rotatable bonds is 5. The van der Waals surface area contributed by atoms with Crippen LogP contribution in [0.4, 0.5) is 0 Å². The predicted octanol–water partition coefficient (Wildman–Crippen LogP) is 1.97. The summed E-state index contributed by atoms with van der Waals surface area (Å²) in [5.74, 6) is -0.260. The minimum atomic E-state index is -0.260. The van der Waals surface area contributed by atoms with E-state index < -0.39 is 0 Å². The lowest BCUT2D eigenvalue weighted by atomic mass is 10.1. The van der Waals surface area contributed by atoms with Crippen molar-refractivity contribution < 1.29 is 9.53 Å². The summed E-state index contributed by atoms with van der Waals surface area (Å²) >= 11 is 0. The van der Waals surface area contributed by atoms with Gasteiger partial charge in [0.25, 0.3) is 0 Å². The summed E-state index contributed by atoms with van der Waals surface area (Å²) in [5, 5.41) is 0. The van der Waals surface area contributed by atoms with E-state index in [0.717, 1.165) is 6.42 Å². The monoisotopic (exact) mass is 185 g/mol. The second-order valence-electron chi connectivity index (χ2n) is 2.83. The molecule has 3 heteroatoms. The van der Waals surface area contributed by atoms with Crippen LogP contribution in [-0.2, 0) is 9.53 Å². The number of hydrogen-bond acceptors (Lipinski definition) is 3. The summed E-state index contributed by atoms with van der Waals surface area (Å²) in [6.45, 7) is 6.15. The van der Waals surface area contributed by atoms with E-state index in [1.54, 1.807) is 6.92 Å². The number of carbonyl (C=O) groups is 1. The molecule has 0 radical (unpaired) electrons. The quantitative estimate of drug-likeness (QED) is 0.526. The molecule has 0 aromatic rings. The van der Waals surface area contributed by atoms with Crippen LogP contribution in [0.2, 0.25) is 0 Å². The van der Waals surface area contributed by atoms with Gasteiger partial charge in [0, 0.05) is 5.70 Å². The first kappa shape index (κ1) is 12.0. The van der Waals surface area contributed by atoms with Crippen molar-refractivity contribution in [3.63, 3.8) is 0 Å². The van der Waals surface area contributed by atoms with Crippen LogP contribution in [0.15, 0.2) is 11.3 Å². The van der Waals surface area contributed by atoms with Gasteiger partial charge in [0.05, 0.1) is 12.2 Å². The molecule has 2 N–H and O–H groups in total. The van der Waals surface area contributed by atoms with Gasteiger partial charge in [-0.2, -0.15) is 0 Å². The number of esters is 1. The lowest BCUT2D eigenvalue weighted by Gasteiger charge is -2.08. The number of carbonyl (C=O) groups excluding carboxylic acids is 1. The van der Waals surface area contributed by atoms with Crippen molar-refractivity contribution in [3.05, 3.63) is 11.3 Å². The Kier molecular flexibility index (Phi) is 6.02. The number of ether oxygens (including phenoxy) is 1. The zero-order valence-electron chi connectivity index (χ0n) is 8.72. The largest absolute Gasteiger partial charge is 0.463 e. The topological polar surface area (TPSA) is 52.3 Å². The highest BCUT2D eigenvalue weighted by Crippen LogP contribution is 2.12. The van der Waals surface area contributed by atoms with Crippen LogP contribution in [0, 0.1) is 0 Å². The Morgan fingerprint density at radius 2 is 1.92 bits per heavy atom. The summed E-state index contributed by atoms with van der Waals surface area (Å²) < 4.78 is 4.90. The van der Waals surface area contributed by atoms with Gasteiger partial charge in [0.1, 0.15) is 0 Å². The van der Waals surface area contributed by atoms with E-state index in [2.05, 4.69) is 0 Å². The fraction of sp³-hybridized carbons (Fsp3) is 0.700. The molecule has 0 aromatic carbocycles. The van der Waals surface area contributed by atoms with E-state index in [4.69, 9.17) is 10.5 Å². The maximum absolute atomic E-state index is 11.4. The van der Waals surface area contributed by atoms with Crippen molar-refractivity contribution in [2.45, 2.75) is 40.0 Å². The van der Waals surface area contributed by atoms with Crippen LogP contribution >= 0.6 is 0 Å². The molecule has 0 aliphatic carbocycles. The first-order chi connectivity index (χ1) is 6.17. The summed E-state index contributed by atoms with van der Waals surface area (Å²) in [5.41, 5.74) is 7.01. The van der Waals surface area contributed by atoms with Crippen molar-refractivity contribution in [1.82, 2.24) is 0 Å². The molecule has 0 atom stereocenters. The SMILES string of the molecule is CCCC(C(=O)OCC)=C(N)CC. The maximum Gasteiger partial charge on any atom is 0.335 e. The third kappa shape index (κ3) is 3.97. The highest BCUT2D eigenvalue weighted by molar-refractivity contribution is 5.89. The molecule has 0 aliphatic heterocycles. The molecule has 0 amide bonds. The minimum Gasteiger partial charge on any atom is -0.463 e. The molecule has 0 fully saturated rings. The maximum atomic E-state index is 11.4. The lowest BCUT2D eigenvalue weighted by molar-refractivity contribution is -0.138. The minimum absolute atomic E-state index is 0.260. The normalized spacial score (nSPS) is 12.2. The Morgan fingerprint density at radius 1 is 1.31 bits per heavy atom. The average molecular weight is 185 g/mol. The van der Waals surface area contributed by atoms with Crippen LogP contribution in [-0.4, -0.2) is 12.6 Å². The summed E-state index contributed by atoms with van der Waals surface area (Å²) in [7, 11) is 0. The number of hydrogen-bond donors (Lipinski definition) is 1. The van der Waals surface area contributed by atoms with E-state index in [1.807, 2.05) is 13.8 Å². The number of allylic oxidation sites excluding steroid dienone is 1. The van der Waals surface area contributed by atoms with Gasteiger partial charge in [-0.3, -0.25) is 0 Å². The molecule has 0 aliphatic rings. The lowest BCUT2D eigenvalue weighted by Crippen LogP contribution is -2.13. The van der Waals surface area contributed by atoms with E-state index in [9.17, 15) is 4.79 Å². The third-order valence-electron chi connectivity index (χ3n) is 1.79. The van der Waals surface area contributed by atoms with Gasteiger partial charge in [-0.05, 0) is 19.8 Å². The fourth-order valence-electron chi connectivity index (χ4n) is 1.08. The van der Waals surface area contributed by atoms with Crippen molar-refractivity contribution in [1.29, 1.82) is 0 Å². The van der Waals surface area contributed by atoms with E-state index in [1.165, 1.54) is 0 Å². The fourth-order valence-corrected chi connectivity index (χ4v) is 1.08. The van der Waals surface area contributed by atoms with Gasteiger partial charge in [-0.25, -0.2) is 4.79 Å². The molecule has 0 aromatic heterocycles. The Balaban J connectivity index is 4.50. The van der Waals surface area contributed by atoms with Crippen molar-refractivity contribution in [2.75, 3.05) is 6.61 Å². The molecule has 0 unspecified atom stereocenters. The average Bonchev–Trinajstić information content (AvgIpc) is 2.13.